The lowest BCUT2D eigenvalue weighted by atomic mass is 10.0. The van der Waals surface area contributed by atoms with Gasteiger partial charge in [-0.2, -0.15) is 0 Å². The van der Waals surface area contributed by atoms with Gasteiger partial charge in [0.2, 0.25) is 0 Å². The van der Waals surface area contributed by atoms with Gasteiger partial charge in [0.05, 0.1) is 16.0 Å². The van der Waals surface area contributed by atoms with E-state index in [1.165, 1.54) is 0 Å². The van der Waals surface area contributed by atoms with Crippen LogP contribution < -0.4 is 5.32 Å². The zero-order chi connectivity index (χ0) is 12.0. The van der Waals surface area contributed by atoms with E-state index in [1.807, 2.05) is 6.20 Å². The monoisotopic (exact) mass is 306 g/mol. The third-order valence-corrected chi connectivity index (χ3v) is 4.35. The van der Waals surface area contributed by atoms with Crippen LogP contribution in [0.1, 0.15) is 37.7 Å². The fourth-order valence-electron chi connectivity index (χ4n) is 1.53. The van der Waals surface area contributed by atoms with Crippen molar-refractivity contribution in [3.63, 3.8) is 0 Å². The first-order valence-electron chi connectivity index (χ1n) is 5.62. The number of hydrogen-bond acceptors (Lipinski definition) is 4. The maximum absolute atomic E-state index is 8.91. The third kappa shape index (κ3) is 4.49. The van der Waals surface area contributed by atoms with Crippen molar-refractivity contribution < 1.29 is 5.11 Å². The van der Waals surface area contributed by atoms with E-state index in [-0.39, 0.29) is 12.6 Å². The van der Waals surface area contributed by atoms with E-state index in [4.69, 9.17) is 5.11 Å². The second kappa shape index (κ2) is 7.37. The van der Waals surface area contributed by atoms with Crippen LogP contribution in [-0.2, 0) is 0 Å². The van der Waals surface area contributed by atoms with Crippen LogP contribution in [0.5, 0.6) is 0 Å². The van der Waals surface area contributed by atoms with E-state index in [0.29, 0.717) is 5.92 Å². The predicted octanol–water partition coefficient (Wildman–Crippen LogP) is 2.96. The van der Waals surface area contributed by atoms with Crippen LogP contribution in [0.2, 0.25) is 0 Å². The van der Waals surface area contributed by atoms with Gasteiger partial charge in [0.25, 0.3) is 0 Å². The molecule has 0 aliphatic heterocycles. The minimum atomic E-state index is 0.275. The Labute approximate surface area is 109 Å². The summed E-state index contributed by atoms with van der Waals surface area (Å²) in [6.07, 6.45) is 3.81. The average molecular weight is 307 g/mol. The Kier molecular flexibility index (Phi) is 6.49. The number of nitrogens with one attached hydrogen (secondary N) is 1. The highest BCUT2D eigenvalue weighted by Crippen LogP contribution is 2.24. The summed E-state index contributed by atoms with van der Waals surface area (Å²) in [5.41, 5.74) is 0. The number of rotatable bonds is 7. The van der Waals surface area contributed by atoms with Gasteiger partial charge in [-0.3, -0.25) is 0 Å². The SMILES string of the molecule is CCC(CCO)CNC(C)c1ncc(Br)s1. The molecular weight excluding hydrogens is 288 g/mol. The predicted molar refractivity (Wildman–Crippen MR) is 71.7 cm³/mol. The zero-order valence-electron chi connectivity index (χ0n) is 9.74. The molecular formula is C11H19BrN2OS. The highest BCUT2D eigenvalue weighted by atomic mass is 79.9. The number of aromatic nitrogens is 1. The maximum Gasteiger partial charge on any atom is 0.110 e. The van der Waals surface area contributed by atoms with Crippen LogP contribution in [0.25, 0.3) is 0 Å². The lowest BCUT2D eigenvalue weighted by molar-refractivity contribution is 0.249. The van der Waals surface area contributed by atoms with Crippen LogP contribution in [0.15, 0.2) is 9.98 Å². The fraction of sp³-hybridized carbons (Fsp3) is 0.727. The van der Waals surface area contributed by atoms with Crippen LogP contribution in [-0.4, -0.2) is 23.2 Å². The van der Waals surface area contributed by atoms with Gasteiger partial charge in [-0.1, -0.05) is 13.3 Å². The normalized spacial score (nSPS) is 15.0. The van der Waals surface area contributed by atoms with Gasteiger partial charge in [-0.25, -0.2) is 4.98 Å². The molecule has 0 saturated carbocycles. The molecule has 2 unspecified atom stereocenters. The molecule has 1 aromatic rings. The van der Waals surface area contributed by atoms with Crippen LogP contribution in [0.4, 0.5) is 0 Å². The molecule has 5 heteroatoms. The topological polar surface area (TPSA) is 45.1 Å². The molecule has 92 valence electrons. The smallest absolute Gasteiger partial charge is 0.110 e. The van der Waals surface area contributed by atoms with Gasteiger partial charge in [0, 0.05) is 6.61 Å². The summed E-state index contributed by atoms with van der Waals surface area (Å²) in [5.74, 6) is 0.552. The molecule has 0 saturated heterocycles. The minimum absolute atomic E-state index is 0.275. The molecule has 0 amide bonds. The molecule has 0 bridgehead atoms. The van der Waals surface area contributed by atoms with E-state index < -0.39 is 0 Å². The van der Waals surface area contributed by atoms with Crippen LogP contribution in [0.3, 0.4) is 0 Å². The van der Waals surface area contributed by atoms with E-state index in [9.17, 15) is 0 Å². The summed E-state index contributed by atoms with van der Waals surface area (Å²) < 4.78 is 1.07. The van der Waals surface area contributed by atoms with Crippen molar-refractivity contribution in [2.24, 2.45) is 5.92 Å². The summed E-state index contributed by atoms with van der Waals surface area (Å²) in [5, 5.41) is 13.5. The van der Waals surface area contributed by atoms with Gasteiger partial charge in [0.15, 0.2) is 0 Å². The average Bonchev–Trinajstić information content (AvgIpc) is 2.70. The first-order valence-corrected chi connectivity index (χ1v) is 7.23. The van der Waals surface area contributed by atoms with Crippen molar-refractivity contribution in [2.45, 2.75) is 32.7 Å². The van der Waals surface area contributed by atoms with Crippen molar-refractivity contribution in [3.8, 4) is 0 Å². The summed E-state index contributed by atoms with van der Waals surface area (Å²) in [6, 6.07) is 0.282. The summed E-state index contributed by atoms with van der Waals surface area (Å²) >= 11 is 5.08. The fourth-order valence-corrected chi connectivity index (χ4v) is 2.80. The molecule has 0 radical (unpaired) electrons. The Balaban J connectivity index is 2.36. The van der Waals surface area contributed by atoms with Gasteiger partial charge in [0.1, 0.15) is 5.01 Å². The standard InChI is InChI=1S/C11H19BrN2OS/c1-3-9(4-5-15)6-13-8(2)11-14-7-10(12)16-11/h7-9,13,15H,3-6H2,1-2H3. The quantitative estimate of drug-likeness (QED) is 0.814. The molecule has 0 aromatic carbocycles. The number of halogens is 1. The zero-order valence-corrected chi connectivity index (χ0v) is 12.1. The van der Waals surface area contributed by atoms with Crippen molar-refractivity contribution in [3.05, 3.63) is 15.0 Å². The van der Waals surface area contributed by atoms with E-state index >= 15 is 0 Å². The molecule has 16 heavy (non-hydrogen) atoms. The molecule has 1 aromatic heterocycles. The van der Waals surface area contributed by atoms with E-state index in [0.717, 1.165) is 28.2 Å². The van der Waals surface area contributed by atoms with Crippen LogP contribution in [0, 0.1) is 5.92 Å². The van der Waals surface area contributed by atoms with E-state index in [2.05, 4.69) is 40.1 Å². The number of aliphatic hydroxyl groups excluding tert-OH is 1. The van der Waals surface area contributed by atoms with Crippen LogP contribution >= 0.6 is 27.3 Å². The van der Waals surface area contributed by atoms with Crippen molar-refractivity contribution in [1.82, 2.24) is 10.3 Å². The molecule has 0 aliphatic carbocycles. The second-order valence-corrected chi connectivity index (χ2v) is 6.36. The van der Waals surface area contributed by atoms with Gasteiger partial charge >= 0.3 is 0 Å². The maximum atomic E-state index is 8.91. The van der Waals surface area contributed by atoms with Gasteiger partial charge in [-0.15, -0.1) is 11.3 Å². The minimum Gasteiger partial charge on any atom is -0.396 e. The summed E-state index contributed by atoms with van der Waals surface area (Å²) in [4.78, 5) is 4.33. The third-order valence-electron chi connectivity index (χ3n) is 2.69. The number of nitrogens with zero attached hydrogens (tertiary/aromatic N) is 1. The second-order valence-electron chi connectivity index (χ2n) is 3.92. The first kappa shape index (κ1) is 14.1. The molecule has 0 spiro atoms. The van der Waals surface area contributed by atoms with Crippen molar-refractivity contribution >= 4 is 27.3 Å². The number of hydrogen-bond donors (Lipinski definition) is 2. The highest BCUT2D eigenvalue weighted by molar-refractivity contribution is 9.11. The summed E-state index contributed by atoms with van der Waals surface area (Å²) in [7, 11) is 0. The highest BCUT2D eigenvalue weighted by Gasteiger charge is 2.12. The molecule has 0 fully saturated rings. The molecule has 2 N–H and O–H groups in total. The van der Waals surface area contributed by atoms with Gasteiger partial charge in [-0.05, 0) is 41.7 Å². The molecule has 0 aliphatic rings. The Morgan fingerprint density at radius 2 is 2.38 bits per heavy atom. The van der Waals surface area contributed by atoms with Crippen molar-refractivity contribution in [1.29, 1.82) is 0 Å². The Morgan fingerprint density at radius 3 is 2.88 bits per heavy atom. The Morgan fingerprint density at radius 1 is 1.62 bits per heavy atom. The van der Waals surface area contributed by atoms with Gasteiger partial charge < -0.3 is 10.4 Å². The lowest BCUT2D eigenvalue weighted by Crippen LogP contribution is -2.26. The molecule has 1 rings (SSSR count). The summed E-state index contributed by atoms with van der Waals surface area (Å²) in [6.45, 7) is 5.50. The number of thiazole rings is 1. The van der Waals surface area contributed by atoms with E-state index in [1.54, 1.807) is 11.3 Å². The largest absolute Gasteiger partial charge is 0.396 e. The molecule has 3 nitrogen and oxygen atoms in total. The number of aliphatic hydroxyl groups is 1. The Bertz CT molecular complexity index is 306. The molecule has 1 heterocycles. The molecule has 2 atom stereocenters. The first-order chi connectivity index (χ1) is 7.67. The van der Waals surface area contributed by atoms with Crippen molar-refractivity contribution in [2.75, 3.05) is 13.2 Å². The Hall–Kier alpha value is 0.0300. The lowest BCUT2D eigenvalue weighted by Gasteiger charge is -2.17.